The molecule has 0 bridgehead atoms. The highest BCUT2D eigenvalue weighted by atomic mass is 35.5. The van der Waals surface area contributed by atoms with Gasteiger partial charge in [-0.2, -0.15) is 0 Å². The zero-order chi connectivity index (χ0) is 24.4. The van der Waals surface area contributed by atoms with Crippen molar-refractivity contribution in [1.29, 1.82) is 0 Å². The number of rotatable bonds is 5. The van der Waals surface area contributed by atoms with Crippen LogP contribution in [0, 0.1) is 18.8 Å². The fourth-order valence-corrected chi connectivity index (χ4v) is 5.86. The van der Waals surface area contributed by atoms with Gasteiger partial charge in [0, 0.05) is 10.6 Å². The molecular weight excluding hydrogens is 460 g/mol. The minimum atomic E-state index is -1.38. The van der Waals surface area contributed by atoms with E-state index in [1.54, 1.807) is 55.7 Å². The van der Waals surface area contributed by atoms with Gasteiger partial charge in [0.05, 0.1) is 25.8 Å². The number of amides is 4. The highest BCUT2D eigenvalue weighted by molar-refractivity contribution is 6.32. The van der Waals surface area contributed by atoms with Gasteiger partial charge in [-0.15, -0.1) is 0 Å². The third kappa shape index (κ3) is 3.04. The summed E-state index contributed by atoms with van der Waals surface area (Å²) in [6, 6.07) is 9.80. The van der Waals surface area contributed by atoms with E-state index in [1.807, 2.05) is 0 Å². The number of methoxy groups -OCH3 is 1. The molecule has 1 spiro atoms. The summed E-state index contributed by atoms with van der Waals surface area (Å²) in [5.41, 5.74) is 6.66. The summed E-state index contributed by atoms with van der Waals surface area (Å²) in [4.78, 5) is 53.8. The summed E-state index contributed by atoms with van der Waals surface area (Å²) < 4.78 is 5.17. The number of likely N-dealkylation sites (tertiary alicyclic amines) is 1. The van der Waals surface area contributed by atoms with Crippen molar-refractivity contribution in [3.05, 3.63) is 58.1 Å². The second kappa shape index (κ2) is 7.82. The molecule has 2 aromatic carbocycles. The Hall–Kier alpha value is -3.43. The number of hydrogen-bond donors (Lipinski definition) is 3. The fraction of sp³-hybridized carbons (Fsp3) is 0.333. The van der Waals surface area contributed by atoms with Gasteiger partial charge in [-0.1, -0.05) is 23.7 Å². The molecule has 10 heteroatoms. The average Bonchev–Trinajstić information content (AvgIpc) is 3.37. The molecule has 4 amide bonds. The van der Waals surface area contributed by atoms with Crippen LogP contribution < -0.4 is 21.1 Å². The molecule has 3 aliphatic heterocycles. The van der Waals surface area contributed by atoms with Crippen LogP contribution in [0.15, 0.2) is 36.4 Å². The van der Waals surface area contributed by atoms with Gasteiger partial charge in [-0.25, -0.2) is 0 Å². The van der Waals surface area contributed by atoms with Gasteiger partial charge in [0.1, 0.15) is 23.6 Å². The standard InChI is InChI=1S/C24H23ClN4O5/c1-11-15(25)8-7-14-20(11)27-23(33)24(14)19-18(16(28-24)9-17(26)30)21(31)29(22(19)32)10-12-3-5-13(34-2)6-4-12/h3-8,16,18-19,28H,9-10H2,1-2H3,(H2,26,30)(H,27,33)/p+1/t16-,18+,19-,24+/m0/s1. The molecule has 34 heavy (non-hydrogen) atoms. The van der Waals surface area contributed by atoms with E-state index in [4.69, 9.17) is 22.1 Å². The van der Waals surface area contributed by atoms with E-state index in [1.165, 1.54) is 4.90 Å². The zero-order valence-electron chi connectivity index (χ0n) is 18.6. The molecule has 4 atom stereocenters. The predicted octanol–water partition coefficient (Wildman–Crippen LogP) is 0.427. The van der Waals surface area contributed by atoms with Crippen LogP contribution in [-0.2, 0) is 31.3 Å². The SMILES string of the molecule is COc1ccc(CN2C(=O)[C@@H]3[C@H](CC(N)=O)[NH2+][C@@]4(C(=O)Nc5c4ccc(Cl)c5C)[C@@H]3C2=O)cc1. The van der Waals surface area contributed by atoms with Crippen LogP contribution >= 0.6 is 11.6 Å². The Kier molecular flexibility index (Phi) is 5.14. The Morgan fingerprint density at radius 1 is 1.18 bits per heavy atom. The van der Waals surface area contributed by atoms with Crippen molar-refractivity contribution in [3.8, 4) is 5.75 Å². The summed E-state index contributed by atoms with van der Waals surface area (Å²) in [6.07, 6.45) is -0.131. The average molecular weight is 484 g/mol. The summed E-state index contributed by atoms with van der Waals surface area (Å²) in [5.74, 6) is -3.01. The molecule has 5 N–H and O–H groups in total. The molecule has 2 saturated heterocycles. The Balaban J connectivity index is 1.59. The summed E-state index contributed by atoms with van der Waals surface area (Å²) in [6.45, 7) is 1.84. The van der Waals surface area contributed by atoms with Crippen molar-refractivity contribution in [3.63, 3.8) is 0 Å². The second-order valence-electron chi connectivity index (χ2n) is 9.03. The topological polar surface area (TPSA) is 135 Å². The zero-order valence-corrected chi connectivity index (χ0v) is 19.4. The number of imide groups is 1. The number of hydrogen-bond acceptors (Lipinski definition) is 5. The number of primary amides is 1. The number of benzene rings is 2. The van der Waals surface area contributed by atoms with Gasteiger partial charge in [-0.3, -0.25) is 24.1 Å². The first-order chi connectivity index (χ1) is 16.2. The predicted molar refractivity (Wildman–Crippen MR) is 122 cm³/mol. The molecule has 3 aliphatic rings. The number of carbonyl (C=O) groups excluding carboxylic acids is 4. The van der Waals surface area contributed by atoms with E-state index in [9.17, 15) is 19.2 Å². The Morgan fingerprint density at radius 2 is 1.88 bits per heavy atom. The number of nitrogens with two attached hydrogens (primary N) is 2. The van der Waals surface area contributed by atoms with Crippen LogP contribution in [0.1, 0.15) is 23.1 Å². The molecule has 2 aromatic rings. The largest absolute Gasteiger partial charge is 0.497 e. The van der Waals surface area contributed by atoms with E-state index >= 15 is 0 Å². The number of ether oxygens (including phenoxy) is 1. The molecule has 9 nitrogen and oxygen atoms in total. The van der Waals surface area contributed by atoms with Crippen molar-refractivity contribution >= 4 is 40.9 Å². The molecular formula is C24H24ClN4O5+. The van der Waals surface area contributed by atoms with E-state index in [2.05, 4.69) is 5.32 Å². The maximum atomic E-state index is 13.8. The normalized spacial score (nSPS) is 27.2. The summed E-state index contributed by atoms with van der Waals surface area (Å²) in [5, 5.41) is 5.04. The van der Waals surface area contributed by atoms with E-state index < -0.39 is 47.0 Å². The van der Waals surface area contributed by atoms with Crippen LogP contribution in [0.5, 0.6) is 5.75 Å². The number of carbonyl (C=O) groups is 4. The van der Waals surface area contributed by atoms with Crippen molar-refractivity contribution in [1.82, 2.24) is 4.90 Å². The first-order valence-electron chi connectivity index (χ1n) is 10.9. The maximum Gasteiger partial charge on any atom is 0.291 e. The lowest BCUT2D eigenvalue weighted by Crippen LogP contribution is -2.99. The number of anilines is 1. The van der Waals surface area contributed by atoms with E-state index in [-0.39, 0.29) is 13.0 Å². The van der Waals surface area contributed by atoms with Crippen LogP contribution in [0.3, 0.4) is 0 Å². The van der Waals surface area contributed by atoms with Gasteiger partial charge >= 0.3 is 0 Å². The lowest BCUT2D eigenvalue weighted by molar-refractivity contribution is -0.732. The quantitative estimate of drug-likeness (QED) is 0.530. The molecule has 5 rings (SSSR count). The van der Waals surface area contributed by atoms with Crippen molar-refractivity contribution in [2.24, 2.45) is 17.6 Å². The number of halogens is 1. The highest BCUT2D eigenvalue weighted by Crippen LogP contribution is 2.51. The number of fused-ring (bicyclic) bond motifs is 4. The van der Waals surface area contributed by atoms with Gasteiger partial charge in [-0.05, 0) is 42.3 Å². The number of nitrogens with one attached hydrogen (secondary N) is 1. The summed E-state index contributed by atoms with van der Waals surface area (Å²) in [7, 11) is 1.55. The van der Waals surface area contributed by atoms with Gasteiger partial charge < -0.3 is 21.1 Å². The number of quaternary nitrogens is 1. The summed E-state index contributed by atoms with van der Waals surface area (Å²) >= 11 is 6.27. The van der Waals surface area contributed by atoms with E-state index in [0.29, 0.717) is 27.6 Å². The number of nitrogens with zero attached hydrogens (tertiary/aromatic N) is 1. The molecule has 176 valence electrons. The van der Waals surface area contributed by atoms with Crippen molar-refractivity contribution < 1.29 is 29.2 Å². The van der Waals surface area contributed by atoms with Crippen LogP contribution in [-0.4, -0.2) is 41.7 Å². The molecule has 0 radical (unpaired) electrons. The smallest absolute Gasteiger partial charge is 0.291 e. The molecule has 0 saturated carbocycles. The fourth-order valence-electron chi connectivity index (χ4n) is 5.70. The maximum absolute atomic E-state index is 13.8. The van der Waals surface area contributed by atoms with Crippen LogP contribution in [0.25, 0.3) is 0 Å². The monoisotopic (exact) mass is 483 g/mol. The Labute approximate surface area is 200 Å². The molecule has 2 fully saturated rings. The molecule has 0 aliphatic carbocycles. The molecule has 3 heterocycles. The van der Waals surface area contributed by atoms with Crippen molar-refractivity contribution in [2.75, 3.05) is 12.4 Å². The van der Waals surface area contributed by atoms with Crippen LogP contribution in [0.4, 0.5) is 5.69 Å². The molecule has 0 aromatic heterocycles. The third-order valence-electron chi connectivity index (χ3n) is 7.27. The lowest BCUT2D eigenvalue weighted by Gasteiger charge is -2.26. The first-order valence-corrected chi connectivity index (χ1v) is 11.3. The highest BCUT2D eigenvalue weighted by Gasteiger charge is 2.74. The van der Waals surface area contributed by atoms with Crippen molar-refractivity contribution in [2.45, 2.75) is 31.5 Å². The van der Waals surface area contributed by atoms with E-state index in [0.717, 1.165) is 5.56 Å². The minimum Gasteiger partial charge on any atom is -0.497 e. The first kappa shape index (κ1) is 22.4. The second-order valence-corrected chi connectivity index (χ2v) is 9.44. The lowest BCUT2D eigenvalue weighted by atomic mass is 9.76. The third-order valence-corrected chi connectivity index (χ3v) is 7.68. The Bertz CT molecular complexity index is 1250. The minimum absolute atomic E-state index is 0.0577. The van der Waals surface area contributed by atoms with Gasteiger partial charge in [0.15, 0.2) is 0 Å². The Morgan fingerprint density at radius 3 is 2.53 bits per heavy atom. The van der Waals surface area contributed by atoms with Gasteiger partial charge in [0.25, 0.3) is 5.91 Å². The molecule has 0 unspecified atom stereocenters. The van der Waals surface area contributed by atoms with Crippen LogP contribution in [0.2, 0.25) is 5.02 Å². The van der Waals surface area contributed by atoms with Gasteiger partial charge in [0.2, 0.25) is 23.3 Å².